The average molecular weight is 218 g/mol. The second kappa shape index (κ2) is 4.51. The first-order valence-corrected chi connectivity index (χ1v) is 5.65. The van der Waals surface area contributed by atoms with Gasteiger partial charge in [-0.05, 0) is 30.7 Å². The van der Waals surface area contributed by atoms with Gasteiger partial charge in [0.1, 0.15) is 5.82 Å². The third-order valence-electron chi connectivity index (χ3n) is 3.04. The fourth-order valence-electron chi connectivity index (χ4n) is 1.93. The highest BCUT2D eigenvalue weighted by Crippen LogP contribution is 2.31. The van der Waals surface area contributed by atoms with E-state index in [0.717, 1.165) is 19.4 Å². The third-order valence-corrected chi connectivity index (χ3v) is 3.04. The molecule has 1 aromatic rings. The summed E-state index contributed by atoms with van der Waals surface area (Å²) in [6, 6.07) is 1.69. The van der Waals surface area contributed by atoms with Crippen molar-refractivity contribution in [3.8, 4) is 0 Å². The zero-order valence-corrected chi connectivity index (χ0v) is 9.61. The number of hydrogen-bond donors (Lipinski definition) is 2. The molecule has 2 rings (SSSR count). The van der Waals surface area contributed by atoms with Gasteiger partial charge in [0, 0.05) is 12.7 Å². The number of rotatable bonds is 3. The zero-order valence-electron chi connectivity index (χ0n) is 9.61. The van der Waals surface area contributed by atoms with Gasteiger partial charge in [-0.25, -0.2) is 4.98 Å². The van der Waals surface area contributed by atoms with E-state index in [9.17, 15) is 0 Å². The molecule has 1 aliphatic rings. The zero-order chi connectivity index (χ0) is 11.4. The van der Waals surface area contributed by atoms with Crippen LogP contribution in [0.15, 0.2) is 24.4 Å². The van der Waals surface area contributed by atoms with Crippen LogP contribution in [-0.4, -0.2) is 16.5 Å². The molecule has 4 nitrogen and oxygen atoms in total. The van der Waals surface area contributed by atoms with Crippen LogP contribution in [0.3, 0.4) is 0 Å². The summed E-state index contributed by atoms with van der Waals surface area (Å²) in [5.41, 5.74) is 5.91. The molecule has 1 aromatic heterocycles. The fourth-order valence-corrected chi connectivity index (χ4v) is 1.93. The molecule has 86 valence electrons. The quantitative estimate of drug-likeness (QED) is 0.763. The Kier molecular flexibility index (Phi) is 3.08. The molecule has 0 fully saturated rings. The molecule has 0 aliphatic heterocycles. The summed E-state index contributed by atoms with van der Waals surface area (Å²) in [7, 11) is 0. The molecule has 0 amide bonds. The van der Waals surface area contributed by atoms with Gasteiger partial charge in [0.2, 0.25) is 5.95 Å². The van der Waals surface area contributed by atoms with Crippen LogP contribution in [0.2, 0.25) is 0 Å². The molecule has 0 bridgehead atoms. The fraction of sp³-hybridized carbons (Fsp3) is 0.500. The van der Waals surface area contributed by atoms with E-state index in [4.69, 9.17) is 5.73 Å². The Labute approximate surface area is 96.0 Å². The summed E-state index contributed by atoms with van der Waals surface area (Å²) >= 11 is 0. The number of nitrogen functional groups attached to an aromatic ring is 1. The molecule has 0 radical (unpaired) electrons. The Bertz CT molecular complexity index is 388. The number of allylic oxidation sites excluding steroid dienone is 2. The molecule has 0 spiro atoms. The van der Waals surface area contributed by atoms with E-state index >= 15 is 0 Å². The summed E-state index contributed by atoms with van der Waals surface area (Å²) < 4.78 is 0. The van der Waals surface area contributed by atoms with Crippen molar-refractivity contribution in [3.63, 3.8) is 0 Å². The van der Waals surface area contributed by atoms with Crippen molar-refractivity contribution in [2.24, 2.45) is 5.41 Å². The Morgan fingerprint density at radius 3 is 3.06 bits per heavy atom. The molecule has 0 saturated heterocycles. The predicted molar refractivity (Wildman–Crippen MR) is 66.0 cm³/mol. The first kappa shape index (κ1) is 10.9. The Morgan fingerprint density at radius 2 is 2.38 bits per heavy atom. The number of nitrogens with zero attached hydrogens (tertiary/aromatic N) is 2. The van der Waals surface area contributed by atoms with Crippen LogP contribution in [0.25, 0.3) is 0 Å². The normalized spacial score (nSPS) is 24.3. The van der Waals surface area contributed by atoms with Crippen molar-refractivity contribution < 1.29 is 0 Å². The summed E-state index contributed by atoms with van der Waals surface area (Å²) in [4.78, 5) is 8.26. The lowest BCUT2D eigenvalue weighted by Crippen LogP contribution is -2.28. The third kappa shape index (κ3) is 2.72. The minimum Gasteiger partial charge on any atom is -0.384 e. The highest BCUT2D eigenvalue weighted by molar-refractivity contribution is 5.35. The first-order chi connectivity index (χ1) is 7.68. The Morgan fingerprint density at radius 1 is 1.50 bits per heavy atom. The number of nitrogens with one attached hydrogen (secondary N) is 1. The van der Waals surface area contributed by atoms with Crippen LogP contribution in [0.4, 0.5) is 11.8 Å². The van der Waals surface area contributed by atoms with Crippen LogP contribution >= 0.6 is 0 Å². The lowest BCUT2D eigenvalue weighted by molar-refractivity contribution is 0.313. The number of aromatic nitrogens is 2. The number of hydrogen-bond acceptors (Lipinski definition) is 4. The van der Waals surface area contributed by atoms with Crippen molar-refractivity contribution in [2.45, 2.75) is 26.2 Å². The summed E-state index contributed by atoms with van der Waals surface area (Å²) in [5.74, 6) is 1.13. The molecule has 0 aromatic carbocycles. The van der Waals surface area contributed by atoms with Gasteiger partial charge < -0.3 is 11.1 Å². The van der Waals surface area contributed by atoms with E-state index in [0.29, 0.717) is 17.2 Å². The molecule has 0 saturated carbocycles. The topological polar surface area (TPSA) is 63.8 Å². The monoisotopic (exact) mass is 218 g/mol. The smallest absolute Gasteiger partial charge is 0.224 e. The SMILES string of the molecule is CC1(CNc2nccc(N)n2)CC=CCC1. The van der Waals surface area contributed by atoms with Gasteiger partial charge in [0.25, 0.3) is 0 Å². The second-order valence-electron chi connectivity index (χ2n) is 4.68. The molecular formula is C12H18N4. The standard InChI is InChI=1S/C12H18N4/c1-12(6-3-2-4-7-12)9-15-11-14-8-5-10(13)16-11/h2-3,5,8H,4,6-7,9H2,1H3,(H3,13,14,15,16). The minimum absolute atomic E-state index is 0.308. The minimum atomic E-state index is 0.308. The van der Waals surface area contributed by atoms with Crippen LogP contribution in [0, 0.1) is 5.41 Å². The van der Waals surface area contributed by atoms with Gasteiger partial charge in [-0.1, -0.05) is 19.1 Å². The van der Waals surface area contributed by atoms with Crippen LogP contribution in [0.1, 0.15) is 26.2 Å². The van der Waals surface area contributed by atoms with Crippen LogP contribution < -0.4 is 11.1 Å². The highest BCUT2D eigenvalue weighted by atomic mass is 15.1. The first-order valence-electron chi connectivity index (χ1n) is 5.65. The van der Waals surface area contributed by atoms with E-state index in [-0.39, 0.29) is 0 Å². The summed E-state index contributed by atoms with van der Waals surface area (Å²) in [6.07, 6.45) is 9.66. The van der Waals surface area contributed by atoms with Crippen molar-refractivity contribution in [2.75, 3.05) is 17.6 Å². The Hall–Kier alpha value is -1.58. The van der Waals surface area contributed by atoms with Gasteiger partial charge in [0.05, 0.1) is 0 Å². The molecular weight excluding hydrogens is 200 g/mol. The predicted octanol–water partition coefficient (Wildman–Crippen LogP) is 2.22. The Balaban J connectivity index is 1.94. The maximum atomic E-state index is 5.60. The van der Waals surface area contributed by atoms with Crippen molar-refractivity contribution >= 4 is 11.8 Å². The van der Waals surface area contributed by atoms with Gasteiger partial charge in [0.15, 0.2) is 0 Å². The summed E-state index contributed by atoms with van der Waals surface area (Å²) in [6.45, 7) is 3.18. The van der Waals surface area contributed by atoms with E-state index in [1.807, 2.05) is 0 Å². The van der Waals surface area contributed by atoms with Crippen molar-refractivity contribution in [1.29, 1.82) is 0 Å². The molecule has 1 heterocycles. The largest absolute Gasteiger partial charge is 0.384 e. The maximum absolute atomic E-state index is 5.60. The molecule has 1 aliphatic carbocycles. The molecule has 1 atom stereocenters. The molecule has 3 N–H and O–H groups in total. The van der Waals surface area contributed by atoms with E-state index in [2.05, 4.69) is 34.4 Å². The number of nitrogens with two attached hydrogens (primary N) is 1. The average Bonchev–Trinajstić information content (AvgIpc) is 2.28. The van der Waals surface area contributed by atoms with Crippen LogP contribution in [-0.2, 0) is 0 Å². The molecule has 16 heavy (non-hydrogen) atoms. The van der Waals surface area contributed by atoms with Gasteiger partial charge in [-0.3, -0.25) is 0 Å². The van der Waals surface area contributed by atoms with Gasteiger partial charge in [-0.15, -0.1) is 0 Å². The molecule has 1 unspecified atom stereocenters. The van der Waals surface area contributed by atoms with Gasteiger partial charge >= 0.3 is 0 Å². The number of anilines is 2. The second-order valence-corrected chi connectivity index (χ2v) is 4.68. The lowest BCUT2D eigenvalue weighted by Gasteiger charge is -2.30. The maximum Gasteiger partial charge on any atom is 0.224 e. The van der Waals surface area contributed by atoms with Crippen LogP contribution in [0.5, 0.6) is 0 Å². The van der Waals surface area contributed by atoms with E-state index < -0.39 is 0 Å². The van der Waals surface area contributed by atoms with Crippen molar-refractivity contribution in [3.05, 3.63) is 24.4 Å². The molecule has 4 heteroatoms. The lowest BCUT2D eigenvalue weighted by atomic mass is 9.79. The van der Waals surface area contributed by atoms with E-state index in [1.165, 1.54) is 6.42 Å². The highest BCUT2D eigenvalue weighted by Gasteiger charge is 2.24. The van der Waals surface area contributed by atoms with Crippen molar-refractivity contribution in [1.82, 2.24) is 9.97 Å². The van der Waals surface area contributed by atoms with E-state index in [1.54, 1.807) is 12.3 Å². The van der Waals surface area contributed by atoms with Gasteiger partial charge in [-0.2, -0.15) is 4.98 Å². The summed E-state index contributed by atoms with van der Waals surface area (Å²) in [5, 5.41) is 3.26.